The van der Waals surface area contributed by atoms with Crippen molar-refractivity contribution < 1.29 is 31.2 Å². The number of nitrogens with two attached hydrogens (primary N) is 1. The second-order valence-electron chi connectivity index (χ2n) is 9.13. The lowest BCUT2D eigenvalue weighted by Gasteiger charge is -2.18. The van der Waals surface area contributed by atoms with Crippen LogP contribution in [0, 0.1) is 6.92 Å². The number of carbonyl (C=O) groups excluding carboxylic acids is 1. The van der Waals surface area contributed by atoms with Crippen molar-refractivity contribution in [2.45, 2.75) is 46.1 Å². The fraction of sp³-hybridized carbons (Fsp3) is 0.391. The van der Waals surface area contributed by atoms with Gasteiger partial charge >= 0.3 is 0 Å². The average Bonchev–Trinajstić information content (AvgIpc) is 3.36. The van der Waals surface area contributed by atoms with E-state index in [9.17, 15) is 26.7 Å². The molecular formula is C23H31N5O7S2. The molecule has 0 spiro atoms. The first-order valence-corrected chi connectivity index (χ1v) is 14.4. The van der Waals surface area contributed by atoms with Gasteiger partial charge in [0.05, 0.1) is 17.5 Å². The minimum atomic E-state index is -4.78. The van der Waals surface area contributed by atoms with Crippen LogP contribution in [0.2, 0.25) is 0 Å². The summed E-state index contributed by atoms with van der Waals surface area (Å²) >= 11 is 0. The molecule has 14 heteroatoms. The number of primary sulfonamides is 1. The Labute approximate surface area is 216 Å². The molecule has 202 valence electrons. The van der Waals surface area contributed by atoms with E-state index in [0.29, 0.717) is 17.7 Å². The van der Waals surface area contributed by atoms with E-state index in [1.807, 2.05) is 13.8 Å². The zero-order valence-electron chi connectivity index (χ0n) is 21.4. The smallest absolute Gasteiger partial charge is 0.277 e. The van der Waals surface area contributed by atoms with Gasteiger partial charge < -0.3 is 19.7 Å². The quantitative estimate of drug-likeness (QED) is 0.359. The van der Waals surface area contributed by atoms with Crippen LogP contribution in [0.4, 0.5) is 5.69 Å². The van der Waals surface area contributed by atoms with Crippen LogP contribution >= 0.6 is 0 Å². The van der Waals surface area contributed by atoms with Crippen LogP contribution in [0.15, 0.2) is 43.8 Å². The van der Waals surface area contributed by atoms with Crippen molar-refractivity contribution in [1.82, 2.24) is 9.62 Å². The van der Waals surface area contributed by atoms with Crippen molar-refractivity contribution in [3.05, 3.63) is 56.8 Å². The maximum absolute atomic E-state index is 12.8. The zero-order valence-corrected chi connectivity index (χ0v) is 23.0. The van der Waals surface area contributed by atoms with E-state index < -0.39 is 47.7 Å². The normalized spacial score (nSPS) is 17.2. The number of nitrogens with zero attached hydrogens (tertiary/aromatic N) is 2. The molecule has 5 N–H and O–H groups in total. The first-order valence-electron chi connectivity index (χ1n) is 11.4. The summed E-state index contributed by atoms with van der Waals surface area (Å²) in [5, 5.41) is 18.8. The highest BCUT2D eigenvalue weighted by Crippen LogP contribution is 2.35. The first kappa shape index (κ1) is 28.2. The number of amidine groups is 1. The number of benzene rings is 1. The van der Waals surface area contributed by atoms with E-state index in [-0.39, 0.29) is 23.0 Å². The second-order valence-corrected chi connectivity index (χ2v) is 12.5. The molecule has 0 fully saturated rings. The molecule has 1 aromatic carbocycles. The van der Waals surface area contributed by atoms with E-state index in [0.717, 1.165) is 5.56 Å². The molecule has 0 saturated heterocycles. The van der Waals surface area contributed by atoms with Crippen LogP contribution in [0.1, 0.15) is 66.4 Å². The Morgan fingerprint density at radius 3 is 2.46 bits per heavy atom. The monoisotopic (exact) mass is 553 g/mol. The molecule has 0 aliphatic carbocycles. The molecule has 0 bridgehead atoms. The van der Waals surface area contributed by atoms with Gasteiger partial charge in [-0.2, -0.15) is 0 Å². The fourth-order valence-corrected chi connectivity index (χ4v) is 6.43. The number of furan rings is 1. The van der Waals surface area contributed by atoms with Crippen molar-refractivity contribution in [1.29, 1.82) is 0 Å². The molecule has 1 aromatic heterocycles. The second kappa shape index (κ2) is 10.2. The van der Waals surface area contributed by atoms with Crippen LogP contribution in [0.3, 0.4) is 0 Å². The highest BCUT2D eigenvalue weighted by molar-refractivity contribution is 8.13. The number of aliphatic imine (C=N–C) groups is 1. The van der Waals surface area contributed by atoms with Crippen LogP contribution in [0.5, 0.6) is 5.75 Å². The Bertz CT molecular complexity index is 1500. The summed E-state index contributed by atoms with van der Waals surface area (Å²) in [7, 11) is -6.40. The number of anilines is 1. The van der Waals surface area contributed by atoms with E-state index in [2.05, 4.69) is 15.0 Å². The van der Waals surface area contributed by atoms with Gasteiger partial charge in [0.25, 0.3) is 26.0 Å². The van der Waals surface area contributed by atoms with E-state index >= 15 is 0 Å². The summed E-state index contributed by atoms with van der Waals surface area (Å²) in [5.74, 6) is -0.696. The highest BCUT2D eigenvalue weighted by Gasteiger charge is 2.42. The van der Waals surface area contributed by atoms with Crippen LogP contribution in [-0.4, -0.2) is 52.7 Å². The number of hydrogen-bond acceptors (Lipinski definition) is 9. The van der Waals surface area contributed by atoms with Gasteiger partial charge in [-0.25, -0.2) is 22.0 Å². The third-order valence-corrected chi connectivity index (χ3v) is 8.98. The summed E-state index contributed by atoms with van der Waals surface area (Å²) in [6, 6.07) is 4.04. The number of carbonyl (C=O) groups is 1. The highest BCUT2D eigenvalue weighted by atomic mass is 32.3. The molecule has 3 rings (SSSR count). The van der Waals surface area contributed by atoms with Gasteiger partial charge in [0.2, 0.25) is 4.24 Å². The molecular weight excluding hydrogens is 522 g/mol. The van der Waals surface area contributed by atoms with Crippen LogP contribution in [0.25, 0.3) is 0 Å². The van der Waals surface area contributed by atoms with Crippen molar-refractivity contribution in [3.63, 3.8) is 0 Å². The van der Waals surface area contributed by atoms with Gasteiger partial charge in [0.1, 0.15) is 17.5 Å². The molecule has 0 radical (unpaired) electrons. The molecule has 1 aliphatic heterocycles. The SMILES string of the molecule is CCC(N=C1NS(=O)(=O)C(S(N)(=O)=O)=C1Nc1ccc(C)c(C(=O)N(C)C)c1O)c1cc(C(C)C)co1. The van der Waals surface area contributed by atoms with Gasteiger partial charge in [-0.1, -0.05) is 26.8 Å². The van der Waals surface area contributed by atoms with E-state index in [1.54, 1.807) is 26.2 Å². The molecule has 2 aromatic rings. The molecule has 2 heterocycles. The lowest BCUT2D eigenvalue weighted by molar-refractivity contribution is 0.0824. The van der Waals surface area contributed by atoms with Crippen molar-refractivity contribution in [2.75, 3.05) is 19.4 Å². The number of aromatic hydroxyl groups is 1. The lowest BCUT2D eigenvalue weighted by atomic mass is 10.0. The van der Waals surface area contributed by atoms with Crippen molar-refractivity contribution in [2.24, 2.45) is 10.1 Å². The molecule has 37 heavy (non-hydrogen) atoms. The number of nitrogens with one attached hydrogen (secondary N) is 2. The molecule has 1 unspecified atom stereocenters. The first-order chi connectivity index (χ1) is 17.1. The molecule has 1 amide bonds. The van der Waals surface area contributed by atoms with E-state index in [1.165, 1.54) is 31.1 Å². The number of phenolic OH excluding ortho intramolecular Hbond substituents is 1. The number of rotatable bonds is 8. The summed E-state index contributed by atoms with van der Waals surface area (Å²) in [6.07, 6.45) is 1.98. The minimum absolute atomic E-state index is 0.0386. The van der Waals surface area contributed by atoms with Crippen LogP contribution < -0.4 is 15.2 Å². The molecule has 1 atom stereocenters. The Kier molecular flexibility index (Phi) is 7.77. The third kappa shape index (κ3) is 5.65. The number of aryl methyl sites for hydroxylation is 1. The number of sulfonamides is 2. The summed E-state index contributed by atoms with van der Waals surface area (Å²) in [6.45, 7) is 7.39. The van der Waals surface area contributed by atoms with Gasteiger partial charge in [-0.15, -0.1) is 0 Å². The standard InChI is InChI=1S/C23H31N5O7S2/c1-7-15(17-10-14(11-35-17)12(2)3)26-21-19(23(36(24,31)32)37(33,34)27-21)25-16-9-8-13(4)18(20(16)29)22(30)28(5)6/h8-12,15,25,29H,7H2,1-6H3,(H,26,27)(H2,24,31,32). The minimum Gasteiger partial charge on any atom is -0.505 e. The Hall–Kier alpha value is -3.36. The van der Waals surface area contributed by atoms with Gasteiger partial charge in [-0.3, -0.25) is 14.5 Å². The summed E-state index contributed by atoms with van der Waals surface area (Å²) in [5.41, 5.74) is 0.731. The maximum atomic E-state index is 12.8. The van der Waals surface area contributed by atoms with Crippen molar-refractivity contribution in [3.8, 4) is 5.75 Å². The molecule has 12 nitrogen and oxygen atoms in total. The number of hydrogen-bond donors (Lipinski definition) is 4. The lowest BCUT2D eigenvalue weighted by Crippen LogP contribution is -2.28. The summed E-state index contributed by atoms with van der Waals surface area (Å²) < 4.78 is 57.0. The predicted molar refractivity (Wildman–Crippen MR) is 140 cm³/mol. The average molecular weight is 554 g/mol. The largest absolute Gasteiger partial charge is 0.505 e. The Morgan fingerprint density at radius 1 is 1.30 bits per heavy atom. The Morgan fingerprint density at radius 2 is 1.95 bits per heavy atom. The van der Waals surface area contributed by atoms with Gasteiger partial charge in [-0.05, 0) is 42.5 Å². The Balaban J connectivity index is 2.20. The van der Waals surface area contributed by atoms with E-state index in [4.69, 9.17) is 9.56 Å². The molecule has 0 saturated carbocycles. The van der Waals surface area contributed by atoms with Gasteiger partial charge in [0, 0.05) is 14.1 Å². The zero-order chi connectivity index (χ0) is 27.9. The molecule has 1 aliphatic rings. The number of phenols is 1. The third-order valence-electron chi connectivity index (χ3n) is 5.75. The van der Waals surface area contributed by atoms with Gasteiger partial charge in [0.15, 0.2) is 11.6 Å². The van der Waals surface area contributed by atoms with Crippen molar-refractivity contribution >= 4 is 37.5 Å². The topological polar surface area (TPSA) is 184 Å². The van der Waals surface area contributed by atoms with Crippen LogP contribution in [-0.2, 0) is 20.0 Å². The number of amides is 1. The summed E-state index contributed by atoms with van der Waals surface area (Å²) in [4.78, 5) is 18.3. The fourth-order valence-electron chi connectivity index (χ4n) is 3.73. The maximum Gasteiger partial charge on any atom is 0.277 e. The predicted octanol–water partition coefficient (Wildman–Crippen LogP) is 2.47.